The van der Waals surface area contributed by atoms with Crippen LogP contribution in [0.25, 0.3) is 28.3 Å². The number of aromatic nitrogens is 2. The second-order valence-corrected chi connectivity index (χ2v) is 10.9. The van der Waals surface area contributed by atoms with Crippen LogP contribution in [0, 0.1) is 0 Å². The Hall–Kier alpha value is -4.44. The third-order valence-corrected chi connectivity index (χ3v) is 8.29. The monoisotopic (exact) mass is 617 g/mol. The number of carboxylic acid groups (broad SMARTS) is 2. The molecule has 3 aromatic carbocycles. The van der Waals surface area contributed by atoms with Crippen LogP contribution < -0.4 is 0 Å². The normalized spacial score (nSPS) is 12.8. The van der Waals surface area contributed by atoms with Crippen molar-refractivity contribution < 1.29 is 24.2 Å². The molecule has 0 amide bonds. The maximum atomic E-state index is 11.7. The van der Waals surface area contributed by atoms with E-state index < -0.39 is 11.9 Å². The number of furan rings is 1. The largest absolute Gasteiger partial charge is 0.476 e. The lowest BCUT2D eigenvalue weighted by Crippen LogP contribution is -2.36. The van der Waals surface area contributed by atoms with E-state index in [1.54, 1.807) is 24.3 Å². The first-order valence-electron chi connectivity index (χ1n) is 12.8. The second kappa shape index (κ2) is 11.1. The Labute approximate surface area is 255 Å². The molecule has 2 N–H and O–H groups in total. The van der Waals surface area contributed by atoms with Crippen molar-refractivity contribution in [1.29, 1.82) is 0 Å². The van der Waals surface area contributed by atoms with Crippen LogP contribution in [-0.2, 0) is 13.0 Å². The lowest BCUT2D eigenvalue weighted by Gasteiger charge is -2.31. The Morgan fingerprint density at radius 2 is 1.64 bits per heavy atom. The van der Waals surface area contributed by atoms with Crippen LogP contribution in [0.1, 0.15) is 37.7 Å². The van der Waals surface area contributed by atoms with Crippen LogP contribution in [0.15, 0.2) is 83.3 Å². The highest BCUT2D eigenvalue weighted by Crippen LogP contribution is 2.31. The van der Waals surface area contributed by atoms with Crippen LogP contribution >= 0.6 is 35.4 Å². The van der Waals surface area contributed by atoms with Gasteiger partial charge in [0.1, 0.15) is 10.7 Å². The van der Waals surface area contributed by atoms with E-state index in [9.17, 15) is 14.7 Å². The van der Waals surface area contributed by atoms with E-state index in [0.29, 0.717) is 33.7 Å². The molecule has 0 saturated heterocycles. The molecule has 1 aliphatic heterocycles. The number of hydrogen-bond donors (Lipinski definition) is 2. The Balaban J connectivity index is 1.21. The molecule has 0 atom stereocenters. The molecule has 8 nitrogen and oxygen atoms in total. The summed E-state index contributed by atoms with van der Waals surface area (Å²) < 4.78 is 7.00. The van der Waals surface area contributed by atoms with Crippen molar-refractivity contribution in [2.24, 2.45) is 0 Å². The first-order chi connectivity index (χ1) is 20.2. The van der Waals surface area contributed by atoms with Crippen LogP contribution in [-0.4, -0.2) is 48.4 Å². The van der Waals surface area contributed by atoms with Crippen LogP contribution in [0.4, 0.5) is 0 Å². The van der Waals surface area contributed by atoms with E-state index >= 15 is 0 Å². The van der Waals surface area contributed by atoms with E-state index in [2.05, 4.69) is 10.00 Å². The summed E-state index contributed by atoms with van der Waals surface area (Å²) in [7, 11) is 0. The van der Waals surface area contributed by atoms with Crippen LogP contribution in [0.3, 0.4) is 0 Å². The van der Waals surface area contributed by atoms with Gasteiger partial charge in [0.25, 0.3) is 0 Å². The Morgan fingerprint density at radius 1 is 0.881 bits per heavy atom. The molecular formula is C31H21Cl2N3O5S. The van der Waals surface area contributed by atoms with E-state index in [1.165, 1.54) is 16.8 Å². The first kappa shape index (κ1) is 27.7. The highest BCUT2D eigenvalue weighted by atomic mass is 35.5. The number of rotatable bonds is 7. The molecule has 0 aliphatic carbocycles. The predicted molar refractivity (Wildman–Crippen MR) is 163 cm³/mol. The van der Waals surface area contributed by atoms with Crippen molar-refractivity contribution in [2.75, 3.05) is 6.54 Å². The number of aromatic carboxylic acids is 2. The van der Waals surface area contributed by atoms with Gasteiger partial charge >= 0.3 is 11.9 Å². The molecule has 0 saturated carbocycles. The molecule has 6 rings (SSSR count). The van der Waals surface area contributed by atoms with Crippen molar-refractivity contribution >= 4 is 52.3 Å². The lowest BCUT2D eigenvalue weighted by molar-refractivity contribution is 0.0660. The SMILES string of the molecule is O=C(O)c1cc(-c2ccc(CN3CCc4cc(-c5ccc(C(=O)O)o5)ccc4C3=S)cc2)n(-c2ccc(Cl)c(Cl)c2)n1. The molecule has 5 aromatic rings. The molecule has 0 unspecified atom stereocenters. The summed E-state index contributed by atoms with van der Waals surface area (Å²) in [4.78, 5) is 25.7. The van der Waals surface area contributed by atoms with Crippen LogP contribution in [0.5, 0.6) is 0 Å². The maximum absolute atomic E-state index is 11.7. The Kier molecular flexibility index (Phi) is 7.32. The number of fused-ring (bicyclic) bond motifs is 1. The second-order valence-electron chi connectivity index (χ2n) is 9.74. The smallest absolute Gasteiger partial charge is 0.371 e. The standard InChI is InChI=1S/C31H21Cl2N3O5S/c32-23-8-6-21(14-24(23)33)36-26(15-25(34-36)30(37)38)18-3-1-17(2-4-18)16-35-12-11-19-13-20(5-7-22(19)29(35)42)27-9-10-28(41-27)31(39)40/h1-10,13-15H,11-12,16H2,(H,37,38)(H,39,40). The summed E-state index contributed by atoms with van der Waals surface area (Å²) >= 11 is 18.1. The van der Waals surface area contributed by atoms with Gasteiger partial charge in [0, 0.05) is 29.8 Å². The zero-order valence-electron chi connectivity index (χ0n) is 21.8. The number of nitrogens with zero attached hydrogens (tertiary/aromatic N) is 3. The van der Waals surface area contributed by atoms with Crippen molar-refractivity contribution in [3.63, 3.8) is 0 Å². The van der Waals surface area contributed by atoms with Crippen LogP contribution in [0.2, 0.25) is 10.0 Å². The molecule has 0 radical (unpaired) electrons. The minimum atomic E-state index is -1.13. The minimum absolute atomic E-state index is 0.0880. The molecule has 42 heavy (non-hydrogen) atoms. The van der Waals surface area contributed by atoms with Gasteiger partial charge < -0.3 is 19.5 Å². The highest BCUT2D eigenvalue weighted by Gasteiger charge is 2.23. The summed E-state index contributed by atoms with van der Waals surface area (Å²) in [5.41, 5.74) is 5.78. The molecule has 3 heterocycles. The van der Waals surface area contributed by atoms with Gasteiger partial charge in [-0.3, -0.25) is 0 Å². The summed E-state index contributed by atoms with van der Waals surface area (Å²) in [6, 6.07) is 23.3. The number of halogens is 2. The average molecular weight is 618 g/mol. The van der Waals surface area contributed by atoms with E-state index in [1.807, 2.05) is 42.5 Å². The Bertz CT molecular complexity index is 1880. The van der Waals surface area contributed by atoms with Gasteiger partial charge in [-0.25, -0.2) is 14.3 Å². The third-order valence-electron chi connectivity index (χ3n) is 7.07. The fourth-order valence-electron chi connectivity index (χ4n) is 4.95. The average Bonchev–Trinajstić information content (AvgIpc) is 3.65. The highest BCUT2D eigenvalue weighted by molar-refractivity contribution is 7.80. The van der Waals surface area contributed by atoms with Crippen molar-refractivity contribution in [3.05, 3.63) is 117 Å². The lowest BCUT2D eigenvalue weighted by atomic mass is 9.96. The number of hydrogen-bond acceptors (Lipinski definition) is 5. The van der Waals surface area contributed by atoms with Crippen molar-refractivity contribution in [3.8, 4) is 28.3 Å². The van der Waals surface area contributed by atoms with Gasteiger partial charge in [-0.05, 0) is 60.0 Å². The maximum Gasteiger partial charge on any atom is 0.371 e. The molecule has 0 fully saturated rings. The summed E-state index contributed by atoms with van der Waals surface area (Å²) in [5, 5.41) is 23.7. The summed E-state index contributed by atoms with van der Waals surface area (Å²) in [5.74, 6) is -1.84. The first-order valence-corrected chi connectivity index (χ1v) is 14.0. The summed E-state index contributed by atoms with van der Waals surface area (Å²) in [6.45, 7) is 1.33. The van der Waals surface area contributed by atoms with Gasteiger partial charge in [-0.1, -0.05) is 71.8 Å². The number of carboxylic acids is 2. The summed E-state index contributed by atoms with van der Waals surface area (Å²) in [6.07, 6.45) is 0.773. The molecular weight excluding hydrogens is 597 g/mol. The van der Waals surface area contributed by atoms with E-state index in [4.69, 9.17) is 44.9 Å². The van der Waals surface area contributed by atoms with Gasteiger partial charge in [-0.15, -0.1) is 0 Å². The molecule has 210 valence electrons. The van der Waals surface area contributed by atoms with Crippen molar-refractivity contribution in [2.45, 2.75) is 13.0 Å². The zero-order valence-corrected chi connectivity index (χ0v) is 24.1. The topological polar surface area (TPSA) is 109 Å². The molecule has 11 heteroatoms. The van der Waals surface area contributed by atoms with Gasteiger partial charge in [0.15, 0.2) is 5.69 Å². The van der Waals surface area contributed by atoms with E-state index in [0.717, 1.165) is 45.8 Å². The number of benzene rings is 3. The van der Waals surface area contributed by atoms with E-state index in [-0.39, 0.29) is 11.5 Å². The predicted octanol–water partition coefficient (Wildman–Crippen LogP) is 7.24. The van der Waals surface area contributed by atoms with Gasteiger partial charge in [-0.2, -0.15) is 5.10 Å². The fraction of sp³-hybridized carbons (Fsp3) is 0.0968. The fourth-order valence-corrected chi connectivity index (χ4v) is 5.60. The van der Waals surface area contributed by atoms with Gasteiger partial charge in [0.2, 0.25) is 5.76 Å². The number of carbonyl (C=O) groups is 2. The molecule has 2 aromatic heterocycles. The Morgan fingerprint density at radius 3 is 2.33 bits per heavy atom. The minimum Gasteiger partial charge on any atom is -0.476 e. The molecule has 0 bridgehead atoms. The number of thiocarbonyl (C=S) groups is 1. The quantitative estimate of drug-likeness (QED) is 0.184. The van der Waals surface area contributed by atoms with Gasteiger partial charge in [0.05, 0.1) is 21.4 Å². The zero-order chi connectivity index (χ0) is 29.5. The van der Waals surface area contributed by atoms with Crippen molar-refractivity contribution in [1.82, 2.24) is 14.7 Å². The third kappa shape index (κ3) is 5.30. The molecule has 0 spiro atoms. The molecule has 1 aliphatic rings.